The van der Waals surface area contributed by atoms with Crippen LogP contribution in [0.3, 0.4) is 0 Å². The Morgan fingerprint density at radius 2 is 1.67 bits per heavy atom. The third-order valence-corrected chi connectivity index (χ3v) is 4.96. The van der Waals surface area contributed by atoms with Crippen LogP contribution in [0.4, 0.5) is 0 Å². The first-order chi connectivity index (χ1) is 6.92. The molecule has 0 saturated heterocycles. The summed E-state index contributed by atoms with van der Waals surface area (Å²) in [4.78, 5) is 0. The molecule has 15 heavy (non-hydrogen) atoms. The maximum atomic E-state index is 5.91. The summed E-state index contributed by atoms with van der Waals surface area (Å²) in [5.41, 5.74) is 2.60. The van der Waals surface area contributed by atoms with Gasteiger partial charge in [-0.25, -0.2) is 0 Å². The molecular formula is C11H15Cl3Si. The molecule has 0 bridgehead atoms. The van der Waals surface area contributed by atoms with Crippen LogP contribution < -0.4 is 0 Å². The lowest BCUT2D eigenvalue weighted by molar-refractivity contribution is 0.857. The first-order valence-corrected chi connectivity index (χ1v) is 10.3. The van der Waals surface area contributed by atoms with E-state index in [0.29, 0.717) is 12.0 Å². The number of aryl methyl sites for hydroxylation is 1. The van der Waals surface area contributed by atoms with Gasteiger partial charge in [-0.15, -0.1) is 33.2 Å². The molecule has 1 aromatic carbocycles. The summed E-state index contributed by atoms with van der Waals surface area (Å²) in [5.74, 6) is 0.329. The van der Waals surface area contributed by atoms with Gasteiger partial charge in [0, 0.05) is 0 Å². The predicted octanol–water partition coefficient (Wildman–Crippen LogP) is 5.01. The number of rotatable bonds is 4. The van der Waals surface area contributed by atoms with E-state index >= 15 is 0 Å². The second-order valence-electron chi connectivity index (χ2n) is 3.82. The van der Waals surface area contributed by atoms with Crippen LogP contribution in [0.25, 0.3) is 0 Å². The highest BCUT2D eigenvalue weighted by Crippen LogP contribution is 2.33. The molecule has 0 aliphatic rings. The van der Waals surface area contributed by atoms with E-state index in [1.165, 1.54) is 11.1 Å². The second kappa shape index (κ2) is 5.58. The summed E-state index contributed by atoms with van der Waals surface area (Å²) < 4.78 is 0. The molecule has 1 aromatic rings. The summed E-state index contributed by atoms with van der Waals surface area (Å²) in [5, 5.41) is 0. The van der Waals surface area contributed by atoms with Gasteiger partial charge in [0.25, 0.3) is 0 Å². The van der Waals surface area contributed by atoms with E-state index < -0.39 is 6.00 Å². The van der Waals surface area contributed by atoms with Crippen molar-refractivity contribution < 1.29 is 0 Å². The topological polar surface area (TPSA) is 0 Å². The van der Waals surface area contributed by atoms with Gasteiger partial charge in [0.05, 0.1) is 0 Å². The van der Waals surface area contributed by atoms with Crippen molar-refractivity contribution in [2.75, 3.05) is 0 Å². The zero-order valence-corrected chi connectivity index (χ0v) is 12.2. The first-order valence-electron chi connectivity index (χ1n) is 5.08. The Morgan fingerprint density at radius 3 is 2.07 bits per heavy atom. The molecule has 1 rings (SSSR count). The van der Waals surface area contributed by atoms with Crippen molar-refractivity contribution in [2.45, 2.75) is 32.2 Å². The quantitative estimate of drug-likeness (QED) is 0.538. The zero-order chi connectivity index (χ0) is 11.5. The van der Waals surface area contributed by atoms with Crippen molar-refractivity contribution in [3.63, 3.8) is 0 Å². The SMILES string of the molecule is CCc1ccc(C(C)C[Si](Cl)(Cl)Cl)cc1. The molecule has 0 heterocycles. The molecule has 0 radical (unpaired) electrons. The van der Waals surface area contributed by atoms with Gasteiger partial charge in [-0.1, -0.05) is 38.1 Å². The van der Waals surface area contributed by atoms with Crippen LogP contribution >= 0.6 is 33.2 Å². The average Bonchev–Trinajstić information content (AvgIpc) is 2.15. The third-order valence-electron chi connectivity index (χ3n) is 2.49. The zero-order valence-electron chi connectivity index (χ0n) is 8.93. The second-order valence-corrected chi connectivity index (χ2v) is 13.0. The van der Waals surface area contributed by atoms with Gasteiger partial charge in [0.2, 0.25) is 0 Å². The lowest BCUT2D eigenvalue weighted by Crippen LogP contribution is -2.12. The number of hydrogen-bond donors (Lipinski definition) is 0. The van der Waals surface area contributed by atoms with Crippen LogP contribution in [0.15, 0.2) is 24.3 Å². The Bertz CT molecular complexity index is 303. The summed E-state index contributed by atoms with van der Waals surface area (Å²) in [6, 6.07) is 6.73. The van der Waals surface area contributed by atoms with E-state index in [2.05, 4.69) is 38.1 Å². The molecule has 0 amide bonds. The Morgan fingerprint density at radius 1 is 1.13 bits per heavy atom. The molecule has 0 spiro atoms. The van der Waals surface area contributed by atoms with Gasteiger partial charge in [-0.2, -0.15) is 0 Å². The molecule has 84 valence electrons. The van der Waals surface area contributed by atoms with Crippen molar-refractivity contribution in [1.29, 1.82) is 0 Å². The van der Waals surface area contributed by atoms with E-state index in [4.69, 9.17) is 33.2 Å². The lowest BCUT2D eigenvalue weighted by Gasteiger charge is -2.15. The van der Waals surface area contributed by atoms with E-state index in [0.717, 1.165) is 6.42 Å². The fraction of sp³-hybridized carbons (Fsp3) is 0.455. The molecule has 1 atom stereocenters. The summed E-state index contributed by atoms with van der Waals surface area (Å²) in [6.07, 6.45) is 1.06. The molecule has 0 saturated carbocycles. The van der Waals surface area contributed by atoms with E-state index in [1.807, 2.05) is 0 Å². The van der Waals surface area contributed by atoms with E-state index in [-0.39, 0.29) is 0 Å². The maximum Gasteiger partial charge on any atom is 0.342 e. The largest absolute Gasteiger partial charge is 0.342 e. The highest BCUT2D eigenvalue weighted by Gasteiger charge is 2.28. The number of benzene rings is 1. The minimum Gasteiger partial charge on any atom is -0.126 e. The van der Waals surface area contributed by atoms with Crippen LogP contribution in [0, 0.1) is 0 Å². The smallest absolute Gasteiger partial charge is 0.126 e. The molecule has 0 aliphatic heterocycles. The van der Waals surface area contributed by atoms with Crippen molar-refractivity contribution >= 4 is 39.2 Å². The van der Waals surface area contributed by atoms with E-state index in [1.54, 1.807) is 0 Å². The van der Waals surface area contributed by atoms with Crippen molar-refractivity contribution in [3.8, 4) is 0 Å². The van der Waals surface area contributed by atoms with Gasteiger partial charge >= 0.3 is 6.00 Å². The fourth-order valence-electron chi connectivity index (χ4n) is 1.55. The molecule has 0 N–H and O–H groups in total. The van der Waals surface area contributed by atoms with Crippen LogP contribution in [-0.2, 0) is 6.42 Å². The maximum absolute atomic E-state index is 5.91. The van der Waals surface area contributed by atoms with Gasteiger partial charge in [0.1, 0.15) is 0 Å². The summed E-state index contributed by atoms with van der Waals surface area (Å²) in [7, 11) is 0. The van der Waals surface area contributed by atoms with Crippen molar-refractivity contribution in [3.05, 3.63) is 35.4 Å². The lowest BCUT2D eigenvalue weighted by atomic mass is 10.0. The standard InChI is InChI=1S/C11H15Cl3Si/c1-3-10-4-6-11(7-5-10)9(2)8-15(12,13)14/h4-7,9H,3,8H2,1-2H3. The molecule has 4 heteroatoms. The first kappa shape index (κ1) is 13.4. The van der Waals surface area contributed by atoms with E-state index in [9.17, 15) is 0 Å². The Balaban J connectivity index is 2.70. The molecule has 0 aromatic heterocycles. The Kier molecular flexibility index (Phi) is 4.97. The summed E-state index contributed by atoms with van der Waals surface area (Å²) in [6.45, 7) is 4.25. The normalized spacial score (nSPS) is 13.9. The van der Waals surface area contributed by atoms with Gasteiger partial charge in [-0.3, -0.25) is 0 Å². The highest BCUT2D eigenvalue weighted by molar-refractivity contribution is 7.64. The number of halogens is 3. The van der Waals surface area contributed by atoms with Crippen molar-refractivity contribution in [2.24, 2.45) is 0 Å². The van der Waals surface area contributed by atoms with Crippen molar-refractivity contribution in [1.82, 2.24) is 0 Å². The highest BCUT2D eigenvalue weighted by atomic mass is 35.8. The average molecular weight is 282 g/mol. The predicted molar refractivity (Wildman–Crippen MR) is 72.4 cm³/mol. The third kappa shape index (κ3) is 4.77. The van der Waals surface area contributed by atoms with Crippen LogP contribution in [0.5, 0.6) is 0 Å². The van der Waals surface area contributed by atoms with Gasteiger partial charge in [-0.05, 0) is 29.5 Å². The number of hydrogen-bond acceptors (Lipinski definition) is 0. The molecular weight excluding hydrogens is 267 g/mol. The van der Waals surface area contributed by atoms with Gasteiger partial charge < -0.3 is 0 Å². The molecule has 0 nitrogen and oxygen atoms in total. The fourth-order valence-corrected chi connectivity index (χ4v) is 4.56. The molecule has 0 aliphatic carbocycles. The Labute approximate surface area is 107 Å². The van der Waals surface area contributed by atoms with Crippen LogP contribution in [-0.4, -0.2) is 6.00 Å². The van der Waals surface area contributed by atoms with Gasteiger partial charge in [0.15, 0.2) is 0 Å². The molecule has 0 fully saturated rings. The van der Waals surface area contributed by atoms with Crippen LogP contribution in [0.1, 0.15) is 30.9 Å². The molecule has 1 unspecified atom stereocenters. The van der Waals surface area contributed by atoms with Crippen LogP contribution in [0.2, 0.25) is 6.04 Å². The minimum atomic E-state index is -2.51. The Hall–Kier alpha value is 0.307. The summed E-state index contributed by atoms with van der Waals surface area (Å²) >= 11 is 17.7. The minimum absolute atomic E-state index is 0.329. The monoisotopic (exact) mass is 280 g/mol.